The Kier molecular flexibility index (Phi) is 2.09. The van der Waals surface area contributed by atoms with Crippen molar-refractivity contribution in [1.82, 2.24) is 15.0 Å². The fourth-order valence-electron chi connectivity index (χ4n) is 1.72. The minimum absolute atomic E-state index is 0.621. The van der Waals surface area contributed by atoms with Gasteiger partial charge in [0.05, 0.1) is 17.1 Å². The van der Waals surface area contributed by atoms with Crippen molar-refractivity contribution < 1.29 is 0 Å². The summed E-state index contributed by atoms with van der Waals surface area (Å²) >= 11 is 0. The molecule has 0 saturated heterocycles. The van der Waals surface area contributed by atoms with E-state index in [-0.39, 0.29) is 0 Å². The minimum Gasteiger partial charge on any atom is -0.337 e. The van der Waals surface area contributed by atoms with E-state index in [1.54, 1.807) is 18.3 Å². The lowest BCUT2D eigenvalue weighted by Gasteiger charge is -1.95. The number of benzene rings is 1. The van der Waals surface area contributed by atoms with Gasteiger partial charge in [-0.3, -0.25) is 0 Å². The Morgan fingerprint density at radius 2 is 2.12 bits per heavy atom. The molecule has 1 aromatic carbocycles. The minimum atomic E-state index is 0.621. The van der Waals surface area contributed by atoms with Gasteiger partial charge in [0, 0.05) is 11.8 Å². The second kappa shape index (κ2) is 3.72. The normalized spacial score (nSPS) is 10.3. The summed E-state index contributed by atoms with van der Waals surface area (Å²) in [5.41, 5.74) is 3.09. The molecular formula is C13H8N4. The molecule has 0 fully saturated rings. The van der Waals surface area contributed by atoms with Crippen molar-refractivity contribution in [3.63, 3.8) is 0 Å². The average molecular weight is 220 g/mol. The molecule has 0 aliphatic rings. The molecule has 3 aromatic rings. The first-order valence-electron chi connectivity index (χ1n) is 5.18. The molecule has 4 nitrogen and oxygen atoms in total. The van der Waals surface area contributed by atoms with E-state index < -0.39 is 0 Å². The van der Waals surface area contributed by atoms with Gasteiger partial charge in [-0.15, -0.1) is 0 Å². The van der Waals surface area contributed by atoms with E-state index in [4.69, 9.17) is 5.26 Å². The molecule has 4 heteroatoms. The Morgan fingerprint density at radius 1 is 1.18 bits per heavy atom. The van der Waals surface area contributed by atoms with Crippen molar-refractivity contribution >= 4 is 11.2 Å². The Morgan fingerprint density at radius 3 is 2.94 bits per heavy atom. The first-order valence-corrected chi connectivity index (χ1v) is 5.18. The SMILES string of the molecule is N#Cc1cccc(-c2nc3ncccc3[nH]2)c1. The predicted octanol–water partition coefficient (Wildman–Crippen LogP) is 2.50. The van der Waals surface area contributed by atoms with Crippen LogP contribution in [0.2, 0.25) is 0 Å². The van der Waals surface area contributed by atoms with Gasteiger partial charge in [0.1, 0.15) is 5.82 Å². The topological polar surface area (TPSA) is 65.4 Å². The van der Waals surface area contributed by atoms with Crippen LogP contribution < -0.4 is 0 Å². The van der Waals surface area contributed by atoms with Crippen molar-refractivity contribution in [3.05, 3.63) is 48.2 Å². The van der Waals surface area contributed by atoms with E-state index in [1.807, 2.05) is 24.3 Å². The molecule has 0 saturated carbocycles. The number of H-pyrrole nitrogens is 1. The highest BCUT2D eigenvalue weighted by Gasteiger charge is 2.05. The molecule has 0 atom stereocenters. The zero-order chi connectivity index (χ0) is 11.7. The van der Waals surface area contributed by atoms with Crippen LogP contribution in [-0.2, 0) is 0 Å². The van der Waals surface area contributed by atoms with Crippen LogP contribution in [0.4, 0.5) is 0 Å². The molecular weight excluding hydrogens is 212 g/mol. The third kappa shape index (κ3) is 1.64. The van der Waals surface area contributed by atoms with Gasteiger partial charge in [0.25, 0.3) is 0 Å². The highest BCUT2D eigenvalue weighted by molar-refractivity contribution is 5.75. The first-order chi connectivity index (χ1) is 8.36. The molecule has 0 spiro atoms. The number of hydrogen-bond acceptors (Lipinski definition) is 3. The molecule has 0 radical (unpaired) electrons. The van der Waals surface area contributed by atoms with Gasteiger partial charge in [-0.05, 0) is 24.3 Å². The quantitative estimate of drug-likeness (QED) is 0.685. The fraction of sp³-hybridized carbons (Fsp3) is 0. The van der Waals surface area contributed by atoms with Crippen molar-refractivity contribution in [2.45, 2.75) is 0 Å². The number of aromatic nitrogens is 3. The zero-order valence-electron chi connectivity index (χ0n) is 8.88. The van der Waals surface area contributed by atoms with Crippen LogP contribution >= 0.6 is 0 Å². The van der Waals surface area contributed by atoms with E-state index >= 15 is 0 Å². The van der Waals surface area contributed by atoms with Gasteiger partial charge in [-0.2, -0.15) is 5.26 Å². The summed E-state index contributed by atoms with van der Waals surface area (Å²) in [6.45, 7) is 0. The van der Waals surface area contributed by atoms with Gasteiger partial charge < -0.3 is 4.98 Å². The predicted molar refractivity (Wildman–Crippen MR) is 64.0 cm³/mol. The van der Waals surface area contributed by atoms with Crippen LogP contribution in [0.1, 0.15) is 5.56 Å². The van der Waals surface area contributed by atoms with E-state index in [2.05, 4.69) is 21.0 Å². The Bertz CT molecular complexity index is 688. The smallest absolute Gasteiger partial charge is 0.178 e. The lowest BCUT2D eigenvalue weighted by Crippen LogP contribution is -1.81. The summed E-state index contributed by atoms with van der Waals surface area (Å²) in [7, 11) is 0. The molecule has 2 aromatic heterocycles. The van der Waals surface area contributed by atoms with Crippen LogP contribution in [0.5, 0.6) is 0 Å². The molecule has 0 bridgehead atoms. The maximum atomic E-state index is 8.86. The molecule has 3 rings (SSSR count). The van der Waals surface area contributed by atoms with Crippen LogP contribution in [0, 0.1) is 11.3 Å². The van der Waals surface area contributed by atoms with E-state index in [9.17, 15) is 0 Å². The number of nitrogens with one attached hydrogen (secondary N) is 1. The average Bonchev–Trinajstić information content (AvgIpc) is 2.82. The maximum absolute atomic E-state index is 8.86. The van der Waals surface area contributed by atoms with Gasteiger partial charge >= 0.3 is 0 Å². The Hall–Kier alpha value is -2.67. The summed E-state index contributed by atoms with van der Waals surface area (Å²) in [4.78, 5) is 11.7. The third-order valence-corrected chi connectivity index (χ3v) is 2.52. The second-order valence-corrected chi connectivity index (χ2v) is 3.65. The number of pyridine rings is 1. The standard InChI is InChI=1S/C13H8N4/c14-8-9-3-1-4-10(7-9)12-16-11-5-2-6-15-13(11)17-12/h1-7H,(H,15,16,17). The van der Waals surface area contributed by atoms with Crippen molar-refractivity contribution in [3.8, 4) is 17.5 Å². The molecule has 1 N–H and O–H groups in total. The second-order valence-electron chi connectivity index (χ2n) is 3.65. The van der Waals surface area contributed by atoms with Crippen molar-refractivity contribution in [2.75, 3.05) is 0 Å². The van der Waals surface area contributed by atoms with E-state index in [0.29, 0.717) is 11.2 Å². The molecule has 0 aliphatic heterocycles. The van der Waals surface area contributed by atoms with Crippen LogP contribution in [0.15, 0.2) is 42.6 Å². The largest absolute Gasteiger partial charge is 0.337 e. The summed E-state index contributed by atoms with van der Waals surface area (Å²) in [5, 5.41) is 8.86. The number of nitriles is 1. The molecule has 0 amide bonds. The van der Waals surface area contributed by atoms with Crippen LogP contribution in [-0.4, -0.2) is 15.0 Å². The number of fused-ring (bicyclic) bond motifs is 1. The summed E-state index contributed by atoms with van der Waals surface area (Å²) in [6, 6.07) is 13.2. The van der Waals surface area contributed by atoms with Gasteiger partial charge in [0.2, 0.25) is 0 Å². The molecule has 80 valence electrons. The number of aromatic amines is 1. The highest BCUT2D eigenvalue weighted by Crippen LogP contribution is 2.19. The number of imidazole rings is 1. The number of rotatable bonds is 1. The fourth-order valence-corrected chi connectivity index (χ4v) is 1.72. The van der Waals surface area contributed by atoms with Crippen molar-refractivity contribution in [1.29, 1.82) is 5.26 Å². The summed E-state index contributed by atoms with van der Waals surface area (Å²) < 4.78 is 0. The van der Waals surface area contributed by atoms with Gasteiger partial charge in [-0.1, -0.05) is 12.1 Å². The maximum Gasteiger partial charge on any atom is 0.178 e. The zero-order valence-corrected chi connectivity index (χ0v) is 8.88. The van der Waals surface area contributed by atoms with Crippen LogP contribution in [0.25, 0.3) is 22.6 Å². The van der Waals surface area contributed by atoms with E-state index in [1.165, 1.54) is 0 Å². The number of nitrogens with zero attached hydrogens (tertiary/aromatic N) is 3. The molecule has 17 heavy (non-hydrogen) atoms. The highest BCUT2D eigenvalue weighted by atomic mass is 15.0. The monoisotopic (exact) mass is 220 g/mol. The Labute approximate surface area is 97.6 Å². The van der Waals surface area contributed by atoms with Crippen molar-refractivity contribution in [2.24, 2.45) is 0 Å². The Balaban J connectivity index is 2.17. The lowest BCUT2D eigenvalue weighted by molar-refractivity contribution is 1.30. The summed E-state index contributed by atoms with van der Waals surface area (Å²) in [5.74, 6) is 0.732. The third-order valence-electron chi connectivity index (χ3n) is 2.52. The number of hydrogen-bond donors (Lipinski definition) is 1. The van der Waals surface area contributed by atoms with E-state index in [0.717, 1.165) is 16.9 Å². The summed E-state index contributed by atoms with van der Waals surface area (Å²) in [6.07, 6.45) is 1.71. The lowest BCUT2D eigenvalue weighted by atomic mass is 10.1. The molecule has 0 aliphatic carbocycles. The first kappa shape index (κ1) is 9.55. The molecule has 0 unspecified atom stereocenters. The van der Waals surface area contributed by atoms with Gasteiger partial charge in [0.15, 0.2) is 5.65 Å². The molecule has 2 heterocycles. The van der Waals surface area contributed by atoms with Gasteiger partial charge in [-0.25, -0.2) is 9.97 Å². The van der Waals surface area contributed by atoms with Crippen LogP contribution in [0.3, 0.4) is 0 Å².